The van der Waals surface area contributed by atoms with Crippen LogP contribution in [0.1, 0.15) is 51.6 Å². The van der Waals surface area contributed by atoms with Gasteiger partial charge in [0, 0.05) is 6.04 Å². The van der Waals surface area contributed by atoms with Gasteiger partial charge in [-0.05, 0) is 43.0 Å². The molecule has 0 aliphatic rings. The summed E-state index contributed by atoms with van der Waals surface area (Å²) in [7, 11) is 0. The summed E-state index contributed by atoms with van der Waals surface area (Å²) in [5.74, 6) is 0.679. The van der Waals surface area contributed by atoms with Gasteiger partial charge in [-0.3, -0.25) is 0 Å². The zero-order valence-corrected chi connectivity index (χ0v) is 12.5. The van der Waals surface area contributed by atoms with Gasteiger partial charge in [-0.15, -0.1) is 0 Å². The fraction of sp³-hybridized carbons (Fsp3) is 0.625. The van der Waals surface area contributed by atoms with E-state index in [1.165, 1.54) is 0 Å². The largest absolute Gasteiger partial charge is 0.435 e. The monoisotopic (exact) mass is 285 g/mol. The first-order valence-electron chi connectivity index (χ1n) is 7.36. The van der Waals surface area contributed by atoms with E-state index in [1.54, 1.807) is 18.2 Å². The van der Waals surface area contributed by atoms with Gasteiger partial charge in [-0.2, -0.15) is 8.78 Å². The Morgan fingerprint density at radius 3 is 2.55 bits per heavy atom. The maximum absolute atomic E-state index is 12.3. The topological polar surface area (TPSA) is 21.3 Å². The lowest BCUT2D eigenvalue weighted by Gasteiger charge is -2.26. The molecule has 0 spiro atoms. The summed E-state index contributed by atoms with van der Waals surface area (Å²) in [5, 5.41) is 3.51. The molecule has 0 fully saturated rings. The van der Waals surface area contributed by atoms with E-state index in [-0.39, 0.29) is 11.8 Å². The first kappa shape index (κ1) is 16.9. The van der Waals surface area contributed by atoms with Crippen LogP contribution in [-0.2, 0) is 0 Å². The summed E-state index contributed by atoms with van der Waals surface area (Å²) >= 11 is 0. The van der Waals surface area contributed by atoms with E-state index >= 15 is 0 Å². The molecular formula is C16H25F2NO. The summed E-state index contributed by atoms with van der Waals surface area (Å²) < 4.78 is 29.1. The van der Waals surface area contributed by atoms with E-state index in [0.717, 1.165) is 31.4 Å². The van der Waals surface area contributed by atoms with Crippen molar-refractivity contribution in [3.63, 3.8) is 0 Å². The molecule has 1 rings (SSSR count). The van der Waals surface area contributed by atoms with E-state index in [4.69, 9.17) is 0 Å². The van der Waals surface area contributed by atoms with Gasteiger partial charge in [0.15, 0.2) is 0 Å². The van der Waals surface area contributed by atoms with Gasteiger partial charge in [0.1, 0.15) is 5.75 Å². The fourth-order valence-corrected chi connectivity index (χ4v) is 2.45. The first-order valence-corrected chi connectivity index (χ1v) is 7.36. The van der Waals surface area contributed by atoms with Gasteiger partial charge in [0.2, 0.25) is 0 Å². The molecule has 0 aliphatic carbocycles. The Labute approximate surface area is 120 Å². The van der Waals surface area contributed by atoms with Gasteiger partial charge >= 0.3 is 6.61 Å². The lowest BCUT2D eigenvalue weighted by atomic mass is 9.91. The summed E-state index contributed by atoms with van der Waals surface area (Å²) in [6.45, 7) is 4.60. The predicted octanol–water partition coefficient (Wildman–Crippen LogP) is 4.76. The Hall–Kier alpha value is -1.16. The summed E-state index contributed by atoms with van der Waals surface area (Å²) in [6, 6.07) is 7.20. The standard InChI is InChI=1S/C16H25F2NO/c1-4-7-12(3)15(19-10-5-2)13-8-6-9-14(11-13)20-16(17)18/h6,8-9,11-12,15-16,19H,4-5,7,10H2,1-3H3. The van der Waals surface area contributed by atoms with Gasteiger partial charge in [0.05, 0.1) is 0 Å². The van der Waals surface area contributed by atoms with Crippen molar-refractivity contribution < 1.29 is 13.5 Å². The Morgan fingerprint density at radius 2 is 1.95 bits per heavy atom. The maximum Gasteiger partial charge on any atom is 0.387 e. The maximum atomic E-state index is 12.3. The molecule has 4 heteroatoms. The van der Waals surface area contributed by atoms with Crippen molar-refractivity contribution in [3.8, 4) is 5.75 Å². The molecular weight excluding hydrogens is 260 g/mol. The highest BCUT2D eigenvalue weighted by atomic mass is 19.3. The predicted molar refractivity (Wildman–Crippen MR) is 78.2 cm³/mol. The molecule has 0 aliphatic heterocycles. The minimum Gasteiger partial charge on any atom is -0.435 e. The molecule has 114 valence electrons. The van der Waals surface area contributed by atoms with E-state index in [9.17, 15) is 8.78 Å². The molecule has 2 nitrogen and oxygen atoms in total. The molecule has 0 saturated heterocycles. The SMILES string of the molecule is CCCNC(c1cccc(OC(F)F)c1)C(C)CCC. The van der Waals surface area contributed by atoms with Crippen LogP contribution in [0.2, 0.25) is 0 Å². The molecule has 2 unspecified atom stereocenters. The van der Waals surface area contributed by atoms with Crippen molar-refractivity contribution in [2.24, 2.45) is 5.92 Å². The van der Waals surface area contributed by atoms with Crippen molar-refractivity contribution in [2.75, 3.05) is 6.54 Å². The molecule has 20 heavy (non-hydrogen) atoms. The number of benzene rings is 1. The minimum absolute atomic E-state index is 0.177. The van der Waals surface area contributed by atoms with Crippen LogP contribution in [-0.4, -0.2) is 13.2 Å². The van der Waals surface area contributed by atoms with Crippen molar-refractivity contribution >= 4 is 0 Å². The fourth-order valence-electron chi connectivity index (χ4n) is 2.45. The number of ether oxygens (including phenoxy) is 1. The number of hydrogen-bond acceptors (Lipinski definition) is 2. The average molecular weight is 285 g/mol. The summed E-state index contributed by atoms with van der Waals surface area (Å²) in [6.07, 6.45) is 3.25. The van der Waals surface area contributed by atoms with Gasteiger partial charge < -0.3 is 10.1 Å². The van der Waals surface area contributed by atoms with Crippen LogP contribution in [0.5, 0.6) is 5.75 Å². The van der Waals surface area contributed by atoms with E-state index in [1.807, 2.05) is 6.07 Å². The highest BCUT2D eigenvalue weighted by Crippen LogP contribution is 2.28. The number of halogens is 2. The Balaban J connectivity index is 2.88. The highest BCUT2D eigenvalue weighted by molar-refractivity contribution is 5.31. The molecule has 1 aromatic rings. The number of alkyl halides is 2. The van der Waals surface area contributed by atoms with E-state index in [0.29, 0.717) is 5.92 Å². The molecule has 0 heterocycles. The molecule has 1 aromatic carbocycles. The zero-order valence-electron chi connectivity index (χ0n) is 12.5. The van der Waals surface area contributed by atoms with Crippen LogP contribution in [0.3, 0.4) is 0 Å². The third kappa shape index (κ3) is 5.45. The number of rotatable bonds is 9. The molecule has 2 atom stereocenters. The minimum atomic E-state index is -2.78. The third-order valence-electron chi connectivity index (χ3n) is 3.37. The normalized spacial score (nSPS) is 14.3. The summed E-state index contributed by atoms with van der Waals surface area (Å²) in [5.41, 5.74) is 1.01. The van der Waals surface area contributed by atoms with Crippen LogP contribution in [0.4, 0.5) is 8.78 Å². The molecule has 0 radical (unpaired) electrons. The van der Waals surface area contributed by atoms with Gasteiger partial charge in [-0.25, -0.2) is 0 Å². The Morgan fingerprint density at radius 1 is 1.20 bits per heavy atom. The highest BCUT2D eigenvalue weighted by Gasteiger charge is 2.18. The molecule has 0 saturated carbocycles. The van der Waals surface area contributed by atoms with Crippen LogP contribution < -0.4 is 10.1 Å². The van der Waals surface area contributed by atoms with Gasteiger partial charge in [-0.1, -0.05) is 39.3 Å². The zero-order chi connectivity index (χ0) is 15.0. The van der Waals surface area contributed by atoms with Crippen molar-refractivity contribution in [1.82, 2.24) is 5.32 Å². The molecule has 0 aromatic heterocycles. The van der Waals surface area contributed by atoms with Crippen LogP contribution in [0.15, 0.2) is 24.3 Å². The van der Waals surface area contributed by atoms with Crippen molar-refractivity contribution in [2.45, 2.75) is 52.7 Å². The number of hydrogen-bond donors (Lipinski definition) is 1. The quantitative estimate of drug-likeness (QED) is 0.706. The molecule has 0 bridgehead atoms. The average Bonchev–Trinajstić information content (AvgIpc) is 2.39. The molecule has 1 N–H and O–H groups in total. The Bertz CT molecular complexity index is 384. The lowest BCUT2D eigenvalue weighted by molar-refractivity contribution is -0.0499. The van der Waals surface area contributed by atoms with Crippen LogP contribution in [0.25, 0.3) is 0 Å². The van der Waals surface area contributed by atoms with E-state index < -0.39 is 6.61 Å². The number of nitrogens with one attached hydrogen (secondary N) is 1. The second-order valence-electron chi connectivity index (χ2n) is 5.15. The summed E-state index contributed by atoms with van der Waals surface area (Å²) in [4.78, 5) is 0. The first-order chi connectivity index (χ1) is 9.58. The smallest absolute Gasteiger partial charge is 0.387 e. The van der Waals surface area contributed by atoms with Crippen molar-refractivity contribution in [3.05, 3.63) is 29.8 Å². The second-order valence-corrected chi connectivity index (χ2v) is 5.15. The van der Waals surface area contributed by atoms with Gasteiger partial charge in [0.25, 0.3) is 0 Å². The third-order valence-corrected chi connectivity index (χ3v) is 3.37. The molecule has 0 amide bonds. The Kier molecular flexibility index (Phi) is 7.52. The second kappa shape index (κ2) is 8.90. The van der Waals surface area contributed by atoms with E-state index in [2.05, 4.69) is 30.8 Å². The van der Waals surface area contributed by atoms with Crippen LogP contribution >= 0.6 is 0 Å². The van der Waals surface area contributed by atoms with Crippen LogP contribution in [0, 0.1) is 5.92 Å². The van der Waals surface area contributed by atoms with Crippen molar-refractivity contribution in [1.29, 1.82) is 0 Å². The lowest BCUT2D eigenvalue weighted by Crippen LogP contribution is -2.27.